The van der Waals surface area contributed by atoms with E-state index >= 15 is 0 Å². The summed E-state index contributed by atoms with van der Waals surface area (Å²) in [6.07, 6.45) is 0.988. The standard InChI is InChI=1S/C19H25N5O2/c1-3-14(2)20-18-9-8-16(22-23-18)19(25)21-15-6-4-5-7-17(15)24-10-12-26-13-11-24/h4-9,14H,3,10-13H2,1-2H3,(H,20,23)(H,21,25). The van der Waals surface area contributed by atoms with Crippen LogP contribution in [-0.4, -0.2) is 48.4 Å². The van der Waals surface area contributed by atoms with E-state index in [2.05, 4.69) is 39.6 Å². The van der Waals surface area contributed by atoms with E-state index in [4.69, 9.17) is 4.74 Å². The van der Waals surface area contributed by atoms with Crippen LogP contribution in [0.15, 0.2) is 36.4 Å². The Kier molecular flexibility index (Phi) is 6.01. The van der Waals surface area contributed by atoms with Crippen molar-refractivity contribution in [2.75, 3.05) is 41.8 Å². The van der Waals surface area contributed by atoms with Crippen LogP contribution in [0, 0.1) is 0 Å². The maximum absolute atomic E-state index is 12.6. The van der Waals surface area contributed by atoms with E-state index in [1.54, 1.807) is 12.1 Å². The maximum atomic E-state index is 12.6. The average Bonchev–Trinajstić information content (AvgIpc) is 2.69. The number of carbonyl (C=O) groups excluding carboxylic acids is 1. The number of carbonyl (C=O) groups is 1. The number of morpholine rings is 1. The van der Waals surface area contributed by atoms with E-state index in [-0.39, 0.29) is 11.6 Å². The van der Waals surface area contributed by atoms with Crippen molar-refractivity contribution in [1.29, 1.82) is 0 Å². The normalized spacial score (nSPS) is 15.4. The summed E-state index contributed by atoms with van der Waals surface area (Å²) in [5, 5.41) is 14.3. The summed E-state index contributed by atoms with van der Waals surface area (Å²) in [5.41, 5.74) is 2.05. The molecular formula is C19H25N5O2. The molecule has 0 spiro atoms. The lowest BCUT2D eigenvalue weighted by molar-refractivity contribution is 0.102. The Morgan fingerprint density at radius 2 is 1.96 bits per heavy atom. The predicted octanol–water partition coefficient (Wildman–Crippen LogP) is 2.78. The molecule has 1 amide bonds. The van der Waals surface area contributed by atoms with Crippen LogP contribution in [0.1, 0.15) is 30.8 Å². The van der Waals surface area contributed by atoms with Crippen molar-refractivity contribution in [2.24, 2.45) is 0 Å². The molecule has 138 valence electrons. The number of hydrogen-bond acceptors (Lipinski definition) is 6. The molecule has 2 aromatic rings. The fourth-order valence-corrected chi connectivity index (χ4v) is 2.73. The molecule has 1 atom stereocenters. The van der Waals surface area contributed by atoms with Crippen LogP contribution in [0.25, 0.3) is 0 Å². The summed E-state index contributed by atoms with van der Waals surface area (Å²) in [5.74, 6) is 0.401. The SMILES string of the molecule is CCC(C)Nc1ccc(C(=O)Nc2ccccc2N2CCOCC2)nn1. The molecule has 1 unspecified atom stereocenters. The molecule has 7 nitrogen and oxygen atoms in total. The molecule has 1 fully saturated rings. The van der Waals surface area contributed by atoms with Crippen LogP contribution in [0.3, 0.4) is 0 Å². The van der Waals surface area contributed by atoms with Crippen molar-refractivity contribution in [1.82, 2.24) is 10.2 Å². The summed E-state index contributed by atoms with van der Waals surface area (Å²) >= 11 is 0. The van der Waals surface area contributed by atoms with Gasteiger partial charge in [0.1, 0.15) is 5.82 Å². The quantitative estimate of drug-likeness (QED) is 0.829. The minimum absolute atomic E-state index is 0.270. The van der Waals surface area contributed by atoms with Gasteiger partial charge < -0.3 is 20.3 Å². The fourth-order valence-electron chi connectivity index (χ4n) is 2.73. The van der Waals surface area contributed by atoms with E-state index in [9.17, 15) is 4.79 Å². The summed E-state index contributed by atoms with van der Waals surface area (Å²) in [6.45, 7) is 7.17. The molecule has 7 heteroatoms. The van der Waals surface area contributed by atoms with Gasteiger partial charge in [0.25, 0.3) is 5.91 Å². The number of aromatic nitrogens is 2. The lowest BCUT2D eigenvalue weighted by Crippen LogP contribution is -2.36. The Hall–Kier alpha value is -2.67. The number of rotatable bonds is 6. The first-order valence-electron chi connectivity index (χ1n) is 9.00. The maximum Gasteiger partial charge on any atom is 0.276 e. The monoisotopic (exact) mass is 355 g/mol. The Bertz CT molecular complexity index is 729. The molecular weight excluding hydrogens is 330 g/mol. The van der Waals surface area contributed by atoms with Gasteiger partial charge in [-0.2, -0.15) is 0 Å². The minimum atomic E-state index is -0.270. The van der Waals surface area contributed by atoms with Crippen LogP contribution in [0.2, 0.25) is 0 Å². The second-order valence-electron chi connectivity index (χ2n) is 6.33. The number of nitrogens with zero attached hydrogens (tertiary/aromatic N) is 3. The Labute approximate surface area is 153 Å². The topological polar surface area (TPSA) is 79.4 Å². The molecule has 1 aromatic heterocycles. The van der Waals surface area contributed by atoms with Gasteiger partial charge in [-0.3, -0.25) is 4.79 Å². The van der Waals surface area contributed by atoms with Gasteiger partial charge in [0.05, 0.1) is 24.6 Å². The van der Waals surface area contributed by atoms with Gasteiger partial charge in [-0.15, -0.1) is 10.2 Å². The lowest BCUT2D eigenvalue weighted by atomic mass is 10.2. The number of ether oxygens (including phenoxy) is 1. The Morgan fingerprint density at radius 3 is 2.65 bits per heavy atom. The fraction of sp³-hybridized carbons (Fsp3) is 0.421. The minimum Gasteiger partial charge on any atom is -0.378 e. The van der Waals surface area contributed by atoms with Gasteiger partial charge in [0.15, 0.2) is 5.69 Å². The predicted molar refractivity (Wildman–Crippen MR) is 103 cm³/mol. The average molecular weight is 355 g/mol. The van der Waals surface area contributed by atoms with Crippen molar-refractivity contribution in [2.45, 2.75) is 26.3 Å². The highest BCUT2D eigenvalue weighted by Crippen LogP contribution is 2.26. The van der Waals surface area contributed by atoms with Crippen LogP contribution in [0.4, 0.5) is 17.2 Å². The highest BCUT2D eigenvalue weighted by atomic mass is 16.5. The van der Waals surface area contributed by atoms with E-state index in [1.165, 1.54) is 0 Å². The zero-order valence-corrected chi connectivity index (χ0v) is 15.2. The molecule has 1 saturated heterocycles. The summed E-state index contributed by atoms with van der Waals surface area (Å²) in [6, 6.07) is 11.6. The molecule has 1 aromatic carbocycles. The third-order valence-corrected chi connectivity index (χ3v) is 4.41. The first-order valence-corrected chi connectivity index (χ1v) is 9.00. The van der Waals surface area contributed by atoms with Crippen LogP contribution < -0.4 is 15.5 Å². The second kappa shape index (κ2) is 8.62. The van der Waals surface area contributed by atoms with Crippen molar-refractivity contribution in [3.8, 4) is 0 Å². The first kappa shape index (κ1) is 18.1. The van der Waals surface area contributed by atoms with E-state index < -0.39 is 0 Å². The largest absolute Gasteiger partial charge is 0.378 e. The van der Waals surface area contributed by atoms with Crippen molar-refractivity contribution in [3.05, 3.63) is 42.1 Å². The molecule has 2 N–H and O–H groups in total. The van der Waals surface area contributed by atoms with Gasteiger partial charge >= 0.3 is 0 Å². The number of anilines is 3. The van der Waals surface area contributed by atoms with Gasteiger partial charge in [0.2, 0.25) is 0 Å². The smallest absolute Gasteiger partial charge is 0.276 e. The van der Waals surface area contributed by atoms with Crippen LogP contribution >= 0.6 is 0 Å². The first-order chi connectivity index (χ1) is 12.7. The molecule has 1 aliphatic rings. The van der Waals surface area contributed by atoms with E-state index in [0.29, 0.717) is 25.1 Å². The molecule has 3 rings (SSSR count). The van der Waals surface area contributed by atoms with Gasteiger partial charge in [-0.25, -0.2) is 0 Å². The molecule has 0 saturated carbocycles. The second-order valence-corrected chi connectivity index (χ2v) is 6.33. The van der Waals surface area contributed by atoms with Crippen molar-refractivity contribution < 1.29 is 9.53 Å². The number of hydrogen-bond donors (Lipinski definition) is 2. The molecule has 2 heterocycles. The highest BCUT2D eigenvalue weighted by Gasteiger charge is 2.17. The van der Waals surface area contributed by atoms with Crippen molar-refractivity contribution in [3.63, 3.8) is 0 Å². The number of nitrogens with one attached hydrogen (secondary N) is 2. The zero-order chi connectivity index (χ0) is 18.4. The highest BCUT2D eigenvalue weighted by molar-refractivity contribution is 6.04. The lowest BCUT2D eigenvalue weighted by Gasteiger charge is -2.30. The van der Waals surface area contributed by atoms with E-state index in [0.717, 1.165) is 30.9 Å². The summed E-state index contributed by atoms with van der Waals surface area (Å²) in [7, 11) is 0. The molecule has 0 aliphatic carbocycles. The van der Waals surface area contributed by atoms with Crippen molar-refractivity contribution >= 4 is 23.1 Å². The number of para-hydroxylation sites is 2. The van der Waals surface area contributed by atoms with Gasteiger partial charge in [-0.1, -0.05) is 19.1 Å². The molecule has 0 bridgehead atoms. The van der Waals surface area contributed by atoms with Gasteiger partial charge in [0, 0.05) is 19.1 Å². The third kappa shape index (κ3) is 4.49. The molecule has 0 radical (unpaired) electrons. The van der Waals surface area contributed by atoms with Gasteiger partial charge in [-0.05, 0) is 37.6 Å². The van der Waals surface area contributed by atoms with Crippen LogP contribution in [0.5, 0.6) is 0 Å². The summed E-state index contributed by atoms with van der Waals surface area (Å²) in [4.78, 5) is 14.8. The summed E-state index contributed by atoms with van der Waals surface area (Å²) < 4.78 is 5.40. The zero-order valence-electron chi connectivity index (χ0n) is 15.2. The number of benzene rings is 1. The van der Waals surface area contributed by atoms with Crippen LogP contribution in [-0.2, 0) is 4.74 Å². The molecule has 26 heavy (non-hydrogen) atoms. The Balaban J connectivity index is 1.70. The number of amides is 1. The van der Waals surface area contributed by atoms with E-state index in [1.807, 2.05) is 24.3 Å². The third-order valence-electron chi connectivity index (χ3n) is 4.41. The Morgan fingerprint density at radius 1 is 1.19 bits per heavy atom. The molecule has 1 aliphatic heterocycles.